The fraction of sp³-hybridized carbons (Fsp3) is 0.600. The van der Waals surface area contributed by atoms with Crippen LogP contribution in [0.4, 0.5) is 0 Å². The molecule has 2 aliphatic rings. The molecule has 1 N–H and O–H groups in total. The lowest BCUT2D eigenvalue weighted by Gasteiger charge is -2.14. The molecule has 2 nitrogen and oxygen atoms in total. The van der Waals surface area contributed by atoms with E-state index in [1.54, 1.807) is 0 Å². The number of benzene rings is 1. The zero-order chi connectivity index (χ0) is 11.5. The van der Waals surface area contributed by atoms with E-state index in [1.165, 1.54) is 37.8 Å². The highest BCUT2D eigenvalue weighted by atomic mass is 16.5. The molecule has 3 rings (SSSR count). The minimum absolute atomic E-state index is 0.653. The average Bonchev–Trinajstić information content (AvgIpc) is 3.05. The van der Waals surface area contributed by atoms with Crippen molar-refractivity contribution in [2.75, 3.05) is 13.2 Å². The fourth-order valence-corrected chi connectivity index (χ4v) is 2.50. The Morgan fingerprint density at radius 1 is 1.18 bits per heavy atom. The molecule has 1 atom stereocenters. The first-order valence-corrected chi connectivity index (χ1v) is 6.86. The lowest BCUT2D eigenvalue weighted by Crippen LogP contribution is -2.23. The standard InChI is InChI=1S/C15H21NO/c1-2-6-15(17-11-12-7-8-12)13(4-1)10-14-5-3-9-16-14/h1-2,4,6,12,14,16H,3,5,7-11H2. The van der Waals surface area contributed by atoms with Crippen molar-refractivity contribution in [2.45, 2.75) is 38.1 Å². The van der Waals surface area contributed by atoms with Crippen LogP contribution in [-0.4, -0.2) is 19.2 Å². The van der Waals surface area contributed by atoms with Gasteiger partial charge < -0.3 is 10.1 Å². The number of ether oxygens (including phenoxy) is 1. The average molecular weight is 231 g/mol. The van der Waals surface area contributed by atoms with Crippen molar-refractivity contribution in [3.8, 4) is 5.75 Å². The summed E-state index contributed by atoms with van der Waals surface area (Å²) in [7, 11) is 0. The molecule has 0 radical (unpaired) electrons. The third-order valence-corrected chi connectivity index (χ3v) is 3.77. The monoisotopic (exact) mass is 231 g/mol. The highest BCUT2D eigenvalue weighted by Crippen LogP contribution is 2.30. The van der Waals surface area contributed by atoms with Crippen molar-refractivity contribution < 1.29 is 4.74 Å². The van der Waals surface area contributed by atoms with Gasteiger partial charge in [-0.2, -0.15) is 0 Å². The van der Waals surface area contributed by atoms with Crippen molar-refractivity contribution in [3.63, 3.8) is 0 Å². The van der Waals surface area contributed by atoms with Gasteiger partial charge in [0.1, 0.15) is 5.75 Å². The maximum absolute atomic E-state index is 5.94. The van der Waals surface area contributed by atoms with E-state index in [9.17, 15) is 0 Å². The van der Waals surface area contributed by atoms with Crippen LogP contribution in [0.3, 0.4) is 0 Å². The van der Waals surface area contributed by atoms with E-state index in [4.69, 9.17) is 4.74 Å². The van der Waals surface area contributed by atoms with E-state index in [0.717, 1.165) is 24.7 Å². The van der Waals surface area contributed by atoms with Crippen molar-refractivity contribution in [2.24, 2.45) is 5.92 Å². The summed E-state index contributed by atoms with van der Waals surface area (Å²) in [6.45, 7) is 2.09. The zero-order valence-corrected chi connectivity index (χ0v) is 10.3. The number of para-hydroxylation sites is 1. The summed E-state index contributed by atoms with van der Waals surface area (Å²) in [5, 5.41) is 3.55. The molecular formula is C15H21NO. The van der Waals surface area contributed by atoms with Crippen LogP contribution in [0.1, 0.15) is 31.2 Å². The largest absolute Gasteiger partial charge is 0.493 e. The zero-order valence-electron chi connectivity index (χ0n) is 10.3. The van der Waals surface area contributed by atoms with Gasteiger partial charge in [-0.05, 0) is 56.2 Å². The summed E-state index contributed by atoms with van der Waals surface area (Å²) in [6, 6.07) is 9.18. The van der Waals surface area contributed by atoms with Crippen LogP contribution < -0.4 is 10.1 Å². The Hall–Kier alpha value is -1.02. The van der Waals surface area contributed by atoms with E-state index in [-0.39, 0.29) is 0 Å². The number of nitrogens with one attached hydrogen (secondary N) is 1. The summed E-state index contributed by atoms with van der Waals surface area (Å²) >= 11 is 0. The summed E-state index contributed by atoms with van der Waals surface area (Å²) in [4.78, 5) is 0. The SMILES string of the molecule is c1ccc(OCC2CC2)c(CC2CCCN2)c1. The van der Waals surface area contributed by atoms with Crippen LogP contribution in [0.5, 0.6) is 5.75 Å². The minimum Gasteiger partial charge on any atom is -0.493 e. The first kappa shape index (κ1) is 11.1. The minimum atomic E-state index is 0.653. The van der Waals surface area contributed by atoms with Crippen LogP contribution in [0, 0.1) is 5.92 Å². The molecule has 1 saturated carbocycles. The molecule has 1 heterocycles. The Morgan fingerprint density at radius 3 is 2.82 bits per heavy atom. The van der Waals surface area contributed by atoms with Gasteiger partial charge in [0.2, 0.25) is 0 Å². The van der Waals surface area contributed by atoms with Gasteiger partial charge in [0.15, 0.2) is 0 Å². The normalized spacial score (nSPS) is 23.9. The smallest absolute Gasteiger partial charge is 0.122 e. The Balaban J connectivity index is 1.63. The topological polar surface area (TPSA) is 21.3 Å². The molecule has 0 spiro atoms. The van der Waals surface area contributed by atoms with Gasteiger partial charge in [-0.25, -0.2) is 0 Å². The Labute approximate surface area is 103 Å². The first-order valence-electron chi connectivity index (χ1n) is 6.86. The van der Waals surface area contributed by atoms with Gasteiger partial charge in [-0.15, -0.1) is 0 Å². The molecule has 0 bridgehead atoms. The van der Waals surface area contributed by atoms with Crippen LogP contribution >= 0.6 is 0 Å². The summed E-state index contributed by atoms with van der Waals surface area (Å²) in [6.07, 6.45) is 6.44. The van der Waals surface area contributed by atoms with Crippen LogP contribution in [0.2, 0.25) is 0 Å². The first-order chi connectivity index (χ1) is 8.42. The van der Waals surface area contributed by atoms with Gasteiger partial charge in [-0.1, -0.05) is 18.2 Å². The molecule has 2 heteroatoms. The van der Waals surface area contributed by atoms with Gasteiger partial charge in [0.25, 0.3) is 0 Å². The summed E-state index contributed by atoms with van der Waals surface area (Å²) in [5.74, 6) is 1.93. The van der Waals surface area contributed by atoms with Crippen molar-refractivity contribution in [1.82, 2.24) is 5.32 Å². The van der Waals surface area contributed by atoms with Crippen molar-refractivity contribution in [3.05, 3.63) is 29.8 Å². The second-order valence-electron chi connectivity index (χ2n) is 5.36. The predicted molar refractivity (Wildman–Crippen MR) is 69.4 cm³/mol. The third-order valence-electron chi connectivity index (χ3n) is 3.77. The molecule has 0 aromatic heterocycles. The van der Waals surface area contributed by atoms with E-state index in [2.05, 4.69) is 29.6 Å². The molecule has 1 aliphatic heterocycles. The molecule has 1 aromatic rings. The molecular weight excluding hydrogens is 210 g/mol. The molecule has 0 amide bonds. The Morgan fingerprint density at radius 2 is 2.06 bits per heavy atom. The molecule has 17 heavy (non-hydrogen) atoms. The van der Waals surface area contributed by atoms with Crippen LogP contribution in [-0.2, 0) is 6.42 Å². The quantitative estimate of drug-likeness (QED) is 0.841. The summed E-state index contributed by atoms with van der Waals surface area (Å²) in [5.41, 5.74) is 1.37. The molecule has 1 saturated heterocycles. The van der Waals surface area contributed by atoms with Crippen molar-refractivity contribution in [1.29, 1.82) is 0 Å². The van der Waals surface area contributed by atoms with E-state index < -0.39 is 0 Å². The van der Waals surface area contributed by atoms with Crippen LogP contribution in [0.15, 0.2) is 24.3 Å². The van der Waals surface area contributed by atoms with Gasteiger partial charge in [-0.3, -0.25) is 0 Å². The molecule has 1 unspecified atom stereocenters. The second kappa shape index (κ2) is 5.09. The molecule has 1 aromatic carbocycles. The third kappa shape index (κ3) is 3.01. The molecule has 1 aliphatic carbocycles. The van der Waals surface area contributed by atoms with E-state index in [1.807, 2.05) is 0 Å². The van der Waals surface area contributed by atoms with E-state index in [0.29, 0.717) is 6.04 Å². The summed E-state index contributed by atoms with van der Waals surface area (Å²) < 4.78 is 5.94. The van der Waals surface area contributed by atoms with Crippen molar-refractivity contribution >= 4 is 0 Å². The lowest BCUT2D eigenvalue weighted by atomic mass is 10.0. The predicted octanol–water partition coefficient (Wildman–Crippen LogP) is 2.77. The maximum Gasteiger partial charge on any atom is 0.122 e. The van der Waals surface area contributed by atoms with E-state index >= 15 is 0 Å². The number of hydrogen-bond donors (Lipinski definition) is 1. The molecule has 92 valence electrons. The number of rotatable bonds is 5. The second-order valence-corrected chi connectivity index (χ2v) is 5.36. The highest BCUT2D eigenvalue weighted by molar-refractivity contribution is 5.34. The van der Waals surface area contributed by atoms with Gasteiger partial charge >= 0.3 is 0 Å². The molecule has 2 fully saturated rings. The number of hydrogen-bond acceptors (Lipinski definition) is 2. The fourth-order valence-electron chi connectivity index (χ4n) is 2.50. The van der Waals surface area contributed by atoms with Gasteiger partial charge in [0, 0.05) is 6.04 Å². The van der Waals surface area contributed by atoms with Gasteiger partial charge in [0.05, 0.1) is 6.61 Å². The Bertz CT molecular complexity index is 367. The Kier molecular flexibility index (Phi) is 3.32. The maximum atomic E-state index is 5.94. The van der Waals surface area contributed by atoms with Crippen LogP contribution in [0.25, 0.3) is 0 Å². The lowest BCUT2D eigenvalue weighted by molar-refractivity contribution is 0.296. The highest BCUT2D eigenvalue weighted by Gasteiger charge is 2.22.